The van der Waals surface area contributed by atoms with Crippen LogP contribution in [0.3, 0.4) is 0 Å². The molecule has 3 aliphatic rings. The summed E-state index contributed by atoms with van der Waals surface area (Å²) < 4.78 is 17.3. The summed E-state index contributed by atoms with van der Waals surface area (Å²) in [6, 6.07) is 16.3. The van der Waals surface area contributed by atoms with Crippen molar-refractivity contribution in [1.29, 1.82) is 0 Å². The molecule has 2 atom stereocenters. The van der Waals surface area contributed by atoms with Gasteiger partial charge in [-0.25, -0.2) is 4.79 Å². The van der Waals surface area contributed by atoms with Crippen LogP contribution in [0.2, 0.25) is 0 Å². The molecule has 5 heteroatoms. The fourth-order valence-electron chi connectivity index (χ4n) is 4.69. The number of benzene rings is 2. The van der Waals surface area contributed by atoms with Crippen molar-refractivity contribution in [3.05, 3.63) is 65.7 Å². The normalized spacial score (nSPS) is 22.7. The number of fused-ring (bicyclic) bond motifs is 3. The van der Waals surface area contributed by atoms with E-state index >= 15 is 0 Å². The molecule has 1 amide bonds. The van der Waals surface area contributed by atoms with Crippen molar-refractivity contribution in [3.63, 3.8) is 0 Å². The Morgan fingerprint density at radius 3 is 2.67 bits per heavy atom. The largest absolute Gasteiger partial charge is 0.490 e. The van der Waals surface area contributed by atoms with Gasteiger partial charge in [0.2, 0.25) is 0 Å². The van der Waals surface area contributed by atoms with Gasteiger partial charge >= 0.3 is 6.09 Å². The Labute approximate surface area is 177 Å². The van der Waals surface area contributed by atoms with Crippen LogP contribution in [0.1, 0.15) is 43.2 Å². The number of carbonyl (C=O) groups is 1. The highest BCUT2D eigenvalue weighted by Crippen LogP contribution is 2.40. The lowest BCUT2D eigenvalue weighted by Crippen LogP contribution is -2.51. The van der Waals surface area contributed by atoms with Crippen molar-refractivity contribution in [2.75, 3.05) is 13.2 Å². The van der Waals surface area contributed by atoms with Crippen LogP contribution in [0.25, 0.3) is 5.57 Å². The molecule has 2 aromatic rings. The zero-order chi connectivity index (χ0) is 20.3. The summed E-state index contributed by atoms with van der Waals surface area (Å²) in [5.41, 5.74) is 3.46. The van der Waals surface area contributed by atoms with E-state index in [0.29, 0.717) is 19.8 Å². The van der Waals surface area contributed by atoms with Crippen LogP contribution in [0, 0.1) is 0 Å². The molecule has 5 nitrogen and oxygen atoms in total. The molecule has 3 aliphatic heterocycles. The highest BCUT2D eigenvalue weighted by molar-refractivity contribution is 5.75. The maximum atomic E-state index is 12.9. The van der Waals surface area contributed by atoms with Crippen molar-refractivity contribution in [1.82, 2.24) is 4.90 Å². The molecule has 0 spiro atoms. The number of amides is 1. The van der Waals surface area contributed by atoms with Gasteiger partial charge in [-0.3, -0.25) is 4.90 Å². The molecule has 0 N–H and O–H groups in total. The van der Waals surface area contributed by atoms with E-state index in [2.05, 4.69) is 18.2 Å². The maximum absolute atomic E-state index is 12.9. The number of piperidine rings is 1. The SMILES string of the molecule is O=C(OCc1ccccc1)N1C2C=C(c3ccc4c(c3)OCCCO4)CC1CCC2. The first-order chi connectivity index (χ1) is 14.8. The lowest BCUT2D eigenvalue weighted by atomic mass is 9.83. The molecular formula is C25H27NO4. The zero-order valence-electron chi connectivity index (χ0n) is 17.1. The van der Waals surface area contributed by atoms with E-state index in [1.165, 1.54) is 5.57 Å². The van der Waals surface area contributed by atoms with E-state index in [1.807, 2.05) is 41.3 Å². The predicted octanol–water partition coefficient (Wildman–Crippen LogP) is 5.19. The van der Waals surface area contributed by atoms with Crippen LogP contribution in [0.15, 0.2) is 54.6 Å². The number of rotatable bonds is 3. The predicted molar refractivity (Wildman–Crippen MR) is 115 cm³/mol. The number of hydrogen-bond acceptors (Lipinski definition) is 4. The second kappa shape index (κ2) is 8.42. The second-order valence-electron chi connectivity index (χ2n) is 8.21. The third kappa shape index (κ3) is 3.89. The first-order valence-electron chi connectivity index (χ1n) is 10.9. The Hall–Kier alpha value is -2.95. The quantitative estimate of drug-likeness (QED) is 0.705. The average molecular weight is 405 g/mol. The Bertz CT molecular complexity index is 939. The third-order valence-corrected chi connectivity index (χ3v) is 6.17. The fraction of sp³-hybridized carbons (Fsp3) is 0.400. The van der Waals surface area contributed by atoms with E-state index in [-0.39, 0.29) is 18.2 Å². The first-order valence-corrected chi connectivity index (χ1v) is 10.9. The summed E-state index contributed by atoms with van der Waals surface area (Å²) in [7, 11) is 0. The highest BCUT2D eigenvalue weighted by atomic mass is 16.6. The fourth-order valence-corrected chi connectivity index (χ4v) is 4.69. The molecule has 2 aromatic carbocycles. The lowest BCUT2D eigenvalue weighted by molar-refractivity contribution is 0.0510. The van der Waals surface area contributed by atoms with Gasteiger partial charge in [-0.05, 0) is 54.5 Å². The third-order valence-electron chi connectivity index (χ3n) is 6.17. The van der Waals surface area contributed by atoms with Gasteiger partial charge in [0.15, 0.2) is 11.5 Å². The van der Waals surface area contributed by atoms with Crippen LogP contribution in [0.4, 0.5) is 4.79 Å². The van der Waals surface area contributed by atoms with Crippen molar-refractivity contribution >= 4 is 11.7 Å². The minimum atomic E-state index is -0.206. The van der Waals surface area contributed by atoms with Gasteiger partial charge < -0.3 is 14.2 Å². The highest BCUT2D eigenvalue weighted by Gasteiger charge is 2.38. The molecule has 0 aliphatic carbocycles. The van der Waals surface area contributed by atoms with E-state index in [9.17, 15) is 4.79 Å². The standard InChI is InChI=1S/C25H27NO4/c27-25(30-17-18-6-2-1-3-7-18)26-21-8-4-9-22(26)15-20(14-21)19-10-11-23-24(16-19)29-13-5-12-28-23/h1-3,6-7,10-11,14,16,21-22H,4-5,8-9,12-13,15,17H2. The van der Waals surface area contributed by atoms with Gasteiger partial charge in [-0.15, -0.1) is 0 Å². The topological polar surface area (TPSA) is 48.0 Å². The molecule has 3 heterocycles. The number of nitrogens with zero attached hydrogens (tertiary/aromatic N) is 1. The molecule has 0 radical (unpaired) electrons. The van der Waals surface area contributed by atoms with Crippen molar-refractivity contribution < 1.29 is 19.0 Å². The Kier molecular flexibility index (Phi) is 5.35. The lowest BCUT2D eigenvalue weighted by Gasteiger charge is -2.44. The van der Waals surface area contributed by atoms with Crippen LogP contribution in [0.5, 0.6) is 11.5 Å². The summed E-state index contributed by atoms with van der Waals surface area (Å²) in [4.78, 5) is 14.9. The molecule has 30 heavy (non-hydrogen) atoms. The molecule has 0 saturated carbocycles. The van der Waals surface area contributed by atoms with Gasteiger partial charge in [-0.1, -0.05) is 42.5 Å². The Morgan fingerprint density at radius 2 is 1.83 bits per heavy atom. The molecule has 0 aromatic heterocycles. The zero-order valence-corrected chi connectivity index (χ0v) is 17.1. The Balaban J connectivity index is 1.33. The molecule has 1 fully saturated rings. The van der Waals surface area contributed by atoms with E-state index in [0.717, 1.165) is 54.7 Å². The van der Waals surface area contributed by atoms with E-state index in [4.69, 9.17) is 14.2 Å². The van der Waals surface area contributed by atoms with Crippen molar-refractivity contribution in [3.8, 4) is 11.5 Å². The smallest absolute Gasteiger partial charge is 0.410 e. The van der Waals surface area contributed by atoms with Gasteiger partial charge in [0, 0.05) is 12.5 Å². The van der Waals surface area contributed by atoms with Gasteiger partial charge in [-0.2, -0.15) is 0 Å². The van der Waals surface area contributed by atoms with Gasteiger partial charge in [0.25, 0.3) is 0 Å². The molecule has 156 valence electrons. The first kappa shape index (κ1) is 19.0. The summed E-state index contributed by atoms with van der Waals surface area (Å²) in [6.07, 6.45) is 6.92. The van der Waals surface area contributed by atoms with Crippen LogP contribution in [-0.2, 0) is 11.3 Å². The average Bonchev–Trinajstić information content (AvgIpc) is 3.02. The van der Waals surface area contributed by atoms with Crippen LogP contribution in [-0.4, -0.2) is 36.3 Å². The number of carbonyl (C=O) groups excluding carboxylic acids is 1. The molecule has 2 unspecified atom stereocenters. The Morgan fingerprint density at radius 1 is 1.00 bits per heavy atom. The van der Waals surface area contributed by atoms with Crippen molar-refractivity contribution in [2.24, 2.45) is 0 Å². The molecular weight excluding hydrogens is 378 g/mol. The van der Waals surface area contributed by atoms with E-state index in [1.54, 1.807) is 0 Å². The number of ether oxygens (including phenoxy) is 3. The van der Waals surface area contributed by atoms with Crippen LogP contribution >= 0.6 is 0 Å². The summed E-state index contributed by atoms with van der Waals surface area (Å²) >= 11 is 0. The summed E-state index contributed by atoms with van der Waals surface area (Å²) in [5.74, 6) is 1.64. The minimum absolute atomic E-state index is 0.0896. The molecule has 2 bridgehead atoms. The number of hydrogen-bond donors (Lipinski definition) is 0. The monoisotopic (exact) mass is 405 g/mol. The van der Waals surface area contributed by atoms with Crippen LogP contribution < -0.4 is 9.47 Å². The summed E-state index contributed by atoms with van der Waals surface area (Å²) in [6.45, 7) is 1.69. The maximum Gasteiger partial charge on any atom is 0.410 e. The van der Waals surface area contributed by atoms with Crippen molar-refractivity contribution in [2.45, 2.75) is 50.8 Å². The van der Waals surface area contributed by atoms with E-state index < -0.39 is 0 Å². The molecule has 1 saturated heterocycles. The summed E-state index contributed by atoms with van der Waals surface area (Å²) in [5, 5.41) is 0. The minimum Gasteiger partial charge on any atom is -0.490 e. The molecule has 5 rings (SSSR count). The van der Waals surface area contributed by atoms with Gasteiger partial charge in [0.05, 0.1) is 19.3 Å². The second-order valence-corrected chi connectivity index (χ2v) is 8.21. The van der Waals surface area contributed by atoms with Gasteiger partial charge in [0.1, 0.15) is 6.61 Å².